The van der Waals surface area contributed by atoms with Crippen LogP contribution in [0.5, 0.6) is 0 Å². The molecule has 0 aromatic carbocycles. The summed E-state index contributed by atoms with van der Waals surface area (Å²) >= 11 is 0. The molecule has 1 aromatic rings. The summed E-state index contributed by atoms with van der Waals surface area (Å²) in [6.45, 7) is 1.33. The van der Waals surface area contributed by atoms with Crippen LogP contribution in [0.2, 0.25) is 0 Å². The van der Waals surface area contributed by atoms with Crippen molar-refractivity contribution in [3.63, 3.8) is 0 Å². The van der Waals surface area contributed by atoms with E-state index in [4.69, 9.17) is 4.52 Å². The summed E-state index contributed by atoms with van der Waals surface area (Å²) in [5.41, 5.74) is 0. The fourth-order valence-electron chi connectivity index (χ4n) is 1.53. The zero-order valence-corrected chi connectivity index (χ0v) is 8.95. The summed E-state index contributed by atoms with van der Waals surface area (Å²) in [6, 6.07) is 0. The van der Waals surface area contributed by atoms with E-state index >= 15 is 0 Å². The van der Waals surface area contributed by atoms with Gasteiger partial charge in [0.2, 0.25) is 17.5 Å². The molecule has 0 aliphatic carbocycles. The molecule has 1 fully saturated rings. The molecule has 0 N–H and O–H groups in total. The van der Waals surface area contributed by atoms with Gasteiger partial charge in [0.25, 0.3) is 0 Å². The van der Waals surface area contributed by atoms with Crippen molar-refractivity contribution in [1.29, 1.82) is 0 Å². The average Bonchev–Trinajstić information content (AvgIpc) is 2.70. The minimum Gasteiger partial charge on any atom is -0.339 e. The van der Waals surface area contributed by atoms with Crippen LogP contribution < -0.4 is 0 Å². The molecule has 1 atom stereocenters. The van der Waals surface area contributed by atoms with E-state index in [0.717, 1.165) is 0 Å². The van der Waals surface area contributed by atoms with Crippen LogP contribution in [0.3, 0.4) is 0 Å². The van der Waals surface area contributed by atoms with Crippen LogP contribution in [0.1, 0.15) is 35.8 Å². The van der Waals surface area contributed by atoms with Gasteiger partial charge in [0, 0.05) is 6.92 Å². The van der Waals surface area contributed by atoms with Crippen molar-refractivity contribution < 1.29 is 17.7 Å². The van der Waals surface area contributed by atoms with E-state index in [1.54, 1.807) is 0 Å². The topological polar surface area (TPSA) is 90.1 Å². The predicted molar refractivity (Wildman–Crippen MR) is 50.3 cm³/mol. The van der Waals surface area contributed by atoms with E-state index in [2.05, 4.69) is 10.1 Å². The fraction of sp³-hybridized carbons (Fsp3) is 0.625. The molecule has 1 saturated heterocycles. The molecule has 2 rings (SSSR count). The molecule has 7 heteroatoms. The zero-order chi connectivity index (χ0) is 11.1. The Hall–Kier alpha value is -1.24. The van der Waals surface area contributed by atoms with Gasteiger partial charge in [-0.1, -0.05) is 5.16 Å². The lowest BCUT2D eigenvalue weighted by molar-refractivity contribution is 0.100. The molecule has 0 radical (unpaired) electrons. The Morgan fingerprint density at radius 2 is 2.27 bits per heavy atom. The highest BCUT2D eigenvalue weighted by atomic mass is 32.2. The van der Waals surface area contributed by atoms with Gasteiger partial charge >= 0.3 is 0 Å². The Labute approximate surface area is 86.6 Å². The highest BCUT2D eigenvalue weighted by Gasteiger charge is 2.33. The molecule has 6 nitrogen and oxygen atoms in total. The standard InChI is InChI=1S/C8H10N2O4S/c1-5(11)7-9-8(14-10-7)6-2-3-15(12,13)4-6/h6H,2-4H2,1H3. The van der Waals surface area contributed by atoms with Crippen LogP contribution in [-0.2, 0) is 9.84 Å². The second-order valence-corrected chi connectivity index (χ2v) is 5.84. The van der Waals surface area contributed by atoms with E-state index < -0.39 is 9.84 Å². The molecule has 1 aliphatic heterocycles. The number of carbonyl (C=O) groups is 1. The first-order chi connectivity index (χ1) is 6.98. The van der Waals surface area contributed by atoms with E-state index in [-0.39, 0.29) is 34.9 Å². The van der Waals surface area contributed by atoms with Crippen molar-refractivity contribution in [2.24, 2.45) is 0 Å². The normalized spacial score (nSPS) is 24.2. The highest BCUT2D eigenvalue weighted by Crippen LogP contribution is 2.27. The maximum Gasteiger partial charge on any atom is 0.238 e. The molecule has 2 heterocycles. The first-order valence-electron chi connectivity index (χ1n) is 4.53. The van der Waals surface area contributed by atoms with Crippen LogP contribution in [0, 0.1) is 0 Å². The first-order valence-corrected chi connectivity index (χ1v) is 6.35. The van der Waals surface area contributed by atoms with Crippen LogP contribution in [0.4, 0.5) is 0 Å². The van der Waals surface area contributed by atoms with Gasteiger partial charge in [-0.05, 0) is 6.42 Å². The van der Waals surface area contributed by atoms with Gasteiger partial charge in [-0.3, -0.25) is 4.79 Å². The van der Waals surface area contributed by atoms with Gasteiger partial charge in [0.15, 0.2) is 9.84 Å². The highest BCUT2D eigenvalue weighted by molar-refractivity contribution is 7.91. The molecule has 82 valence electrons. The van der Waals surface area contributed by atoms with Crippen molar-refractivity contribution >= 4 is 15.6 Å². The number of ketones is 1. The van der Waals surface area contributed by atoms with Gasteiger partial charge in [-0.15, -0.1) is 0 Å². The van der Waals surface area contributed by atoms with Gasteiger partial charge in [0.05, 0.1) is 17.4 Å². The Morgan fingerprint density at radius 1 is 1.53 bits per heavy atom. The second kappa shape index (κ2) is 3.41. The van der Waals surface area contributed by atoms with E-state index in [1.807, 2.05) is 0 Å². The Morgan fingerprint density at radius 3 is 2.73 bits per heavy atom. The molecule has 0 amide bonds. The summed E-state index contributed by atoms with van der Waals surface area (Å²) < 4.78 is 27.3. The van der Waals surface area contributed by atoms with Crippen LogP contribution in [-0.4, -0.2) is 35.8 Å². The largest absolute Gasteiger partial charge is 0.339 e. The number of Topliss-reactive ketones (excluding diaryl/α,β-unsaturated/α-hetero) is 1. The monoisotopic (exact) mass is 230 g/mol. The third-order valence-corrected chi connectivity index (χ3v) is 4.11. The molecule has 1 unspecified atom stereocenters. The third-order valence-electron chi connectivity index (χ3n) is 2.34. The lowest BCUT2D eigenvalue weighted by Crippen LogP contribution is -2.04. The number of hydrogen-bond donors (Lipinski definition) is 0. The van der Waals surface area contributed by atoms with Gasteiger partial charge in [0.1, 0.15) is 0 Å². The summed E-state index contributed by atoms with van der Waals surface area (Å²) in [7, 11) is -2.97. The van der Waals surface area contributed by atoms with Crippen molar-refractivity contribution in [2.45, 2.75) is 19.3 Å². The number of rotatable bonds is 2. The summed E-state index contributed by atoms with van der Waals surface area (Å²) in [4.78, 5) is 14.8. The van der Waals surface area contributed by atoms with E-state index in [0.29, 0.717) is 6.42 Å². The van der Waals surface area contributed by atoms with Crippen LogP contribution in [0.15, 0.2) is 4.52 Å². The maximum atomic E-state index is 11.2. The van der Waals surface area contributed by atoms with Crippen molar-refractivity contribution in [1.82, 2.24) is 10.1 Å². The quantitative estimate of drug-likeness (QED) is 0.673. The number of sulfone groups is 1. The number of nitrogens with zero attached hydrogens (tertiary/aromatic N) is 2. The minimum absolute atomic E-state index is 0.00861. The minimum atomic E-state index is -2.97. The van der Waals surface area contributed by atoms with Crippen molar-refractivity contribution in [2.75, 3.05) is 11.5 Å². The number of carbonyl (C=O) groups excluding carboxylic acids is 1. The molecular weight excluding hydrogens is 220 g/mol. The van der Waals surface area contributed by atoms with Crippen molar-refractivity contribution in [3.05, 3.63) is 11.7 Å². The zero-order valence-electron chi connectivity index (χ0n) is 8.13. The van der Waals surface area contributed by atoms with E-state index in [9.17, 15) is 13.2 Å². The first kappa shape index (κ1) is 10.3. The molecule has 0 saturated carbocycles. The lowest BCUT2D eigenvalue weighted by atomic mass is 10.1. The average molecular weight is 230 g/mol. The number of hydrogen-bond acceptors (Lipinski definition) is 6. The van der Waals surface area contributed by atoms with E-state index in [1.165, 1.54) is 6.92 Å². The Balaban J connectivity index is 2.21. The lowest BCUT2D eigenvalue weighted by Gasteiger charge is -1.97. The molecule has 0 spiro atoms. The van der Waals surface area contributed by atoms with Gasteiger partial charge in [-0.2, -0.15) is 4.98 Å². The second-order valence-electron chi connectivity index (χ2n) is 3.61. The predicted octanol–water partition coefficient (Wildman–Crippen LogP) is 0.174. The molecular formula is C8H10N2O4S. The van der Waals surface area contributed by atoms with Gasteiger partial charge in [-0.25, -0.2) is 8.42 Å². The van der Waals surface area contributed by atoms with Crippen LogP contribution in [0.25, 0.3) is 0 Å². The fourth-order valence-corrected chi connectivity index (χ4v) is 3.27. The van der Waals surface area contributed by atoms with Crippen molar-refractivity contribution in [3.8, 4) is 0 Å². The summed E-state index contributed by atoms with van der Waals surface area (Å²) in [5.74, 6) is -0.0980. The molecule has 0 bridgehead atoms. The third kappa shape index (κ3) is 2.06. The summed E-state index contributed by atoms with van der Waals surface area (Å²) in [6.07, 6.45) is 0.488. The van der Waals surface area contributed by atoms with Gasteiger partial charge < -0.3 is 4.52 Å². The number of aromatic nitrogens is 2. The molecule has 1 aliphatic rings. The summed E-state index contributed by atoms with van der Waals surface area (Å²) in [5, 5.41) is 3.48. The molecule has 1 aromatic heterocycles. The Kier molecular flexibility index (Phi) is 2.34. The van der Waals surface area contributed by atoms with Crippen LogP contribution >= 0.6 is 0 Å². The molecule has 15 heavy (non-hydrogen) atoms. The smallest absolute Gasteiger partial charge is 0.238 e. The Bertz CT molecular complexity index is 490. The SMILES string of the molecule is CC(=O)c1noc(C2CCS(=O)(=O)C2)n1. The maximum absolute atomic E-state index is 11.2.